The van der Waals surface area contributed by atoms with Crippen LogP contribution >= 0.6 is 0 Å². The molecule has 1 aliphatic rings. The molecule has 2 heteroatoms. The number of carbonyl (C=O) groups excluding carboxylic acids is 1. The highest BCUT2D eigenvalue weighted by Gasteiger charge is 2.34. The Balaban J connectivity index is 2.07. The normalized spacial score (nSPS) is 25.9. The molecule has 4 unspecified atom stereocenters. The van der Waals surface area contributed by atoms with Gasteiger partial charge in [-0.1, -0.05) is 63.4 Å². The Labute approximate surface area is 122 Å². The van der Waals surface area contributed by atoms with Crippen LogP contribution in [0.1, 0.15) is 57.6 Å². The molecule has 1 aromatic carbocycles. The second-order valence-electron chi connectivity index (χ2n) is 6.19. The second kappa shape index (κ2) is 7.03. The van der Waals surface area contributed by atoms with E-state index in [4.69, 9.17) is 5.73 Å². The van der Waals surface area contributed by atoms with Gasteiger partial charge in [0.15, 0.2) is 0 Å². The molecule has 2 nitrogen and oxygen atoms in total. The maximum absolute atomic E-state index is 12.8. The van der Waals surface area contributed by atoms with Gasteiger partial charge in [0.05, 0.1) is 0 Å². The van der Waals surface area contributed by atoms with Crippen LogP contribution in [-0.4, -0.2) is 5.78 Å². The van der Waals surface area contributed by atoms with Crippen LogP contribution in [0.15, 0.2) is 30.3 Å². The molecule has 1 fully saturated rings. The van der Waals surface area contributed by atoms with Crippen LogP contribution in [0.25, 0.3) is 0 Å². The summed E-state index contributed by atoms with van der Waals surface area (Å²) in [7, 11) is 0. The van der Waals surface area contributed by atoms with E-state index in [9.17, 15) is 4.79 Å². The molecule has 0 aliphatic heterocycles. The van der Waals surface area contributed by atoms with Crippen molar-refractivity contribution in [1.82, 2.24) is 0 Å². The van der Waals surface area contributed by atoms with Crippen molar-refractivity contribution in [3.8, 4) is 0 Å². The molecule has 2 rings (SSSR count). The Morgan fingerprint density at radius 1 is 1.25 bits per heavy atom. The van der Waals surface area contributed by atoms with E-state index < -0.39 is 0 Å². The molecule has 4 atom stereocenters. The first-order chi connectivity index (χ1) is 9.65. The van der Waals surface area contributed by atoms with Gasteiger partial charge in [0, 0.05) is 17.9 Å². The number of ketones is 1. The van der Waals surface area contributed by atoms with E-state index in [0.29, 0.717) is 11.7 Å². The topological polar surface area (TPSA) is 43.1 Å². The summed E-state index contributed by atoms with van der Waals surface area (Å²) >= 11 is 0. The molecule has 0 bridgehead atoms. The summed E-state index contributed by atoms with van der Waals surface area (Å²) in [6, 6.07) is 9.82. The Kier molecular flexibility index (Phi) is 5.36. The summed E-state index contributed by atoms with van der Waals surface area (Å²) in [5, 5.41) is 0. The number of hydrogen-bond donors (Lipinski definition) is 1. The predicted octanol–water partition coefficient (Wildman–Crippen LogP) is 4.11. The van der Waals surface area contributed by atoms with E-state index in [1.807, 2.05) is 37.3 Å². The standard InChI is InChI=1S/C18H27NO/c1-3-14-9-7-8-12-16(14)18(20)13(2)17(19)15-10-5-4-6-11-15/h4-6,10-11,13-14,16-17H,3,7-9,12,19H2,1-2H3. The summed E-state index contributed by atoms with van der Waals surface area (Å²) in [5.41, 5.74) is 7.38. The smallest absolute Gasteiger partial charge is 0.140 e. The zero-order valence-corrected chi connectivity index (χ0v) is 12.7. The van der Waals surface area contributed by atoms with Gasteiger partial charge in [-0.2, -0.15) is 0 Å². The van der Waals surface area contributed by atoms with E-state index in [2.05, 4.69) is 6.92 Å². The highest BCUT2D eigenvalue weighted by Crippen LogP contribution is 2.36. The highest BCUT2D eigenvalue weighted by molar-refractivity contribution is 5.84. The van der Waals surface area contributed by atoms with Crippen molar-refractivity contribution in [2.24, 2.45) is 23.5 Å². The number of Topliss-reactive ketones (excluding diaryl/α,β-unsaturated/α-hetero) is 1. The molecule has 0 spiro atoms. The molecule has 1 aliphatic carbocycles. The number of nitrogens with two attached hydrogens (primary N) is 1. The molecule has 0 radical (unpaired) electrons. The largest absolute Gasteiger partial charge is 0.323 e. The van der Waals surface area contributed by atoms with E-state index in [-0.39, 0.29) is 17.9 Å². The maximum Gasteiger partial charge on any atom is 0.140 e. The summed E-state index contributed by atoms with van der Waals surface area (Å²) in [4.78, 5) is 12.8. The van der Waals surface area contributed by atoms with Crippen LogP contribution in [0.4, 0.5) is 0 Å². The lowest BCUT2D eigenvalue weighted by atomic mass is 9.72. The number of benzene rings is 1. The van der Waals surface area contributed by atoms with Crippen molar-refractivity contribution in [1.29, 1.82) is 0 Å². The highest BCUT2D eigenvalue weighted by atomic mass is 16.1. The van der Waals surface area contributed by atoms with Crippen LogP contribution in [0.3, 0.4) is 0 Å². The Bertz CT molecular complexity index is 428. The fourth-order valence-electron chi connectivity index (χ4n) is 3.55. The van der Waals surface area contributed by atoms with Gasteiger partial charge in [0.25, 0.3) is 0 Å². The molecule has 0 heterocycles. The maximum atomic E-state index is 12.8. The lowest BCUT2D eigenvalue weighted by Gasteiger charge is -2.33. The van der Waals surface area contributed by atoms with Gasteiger partial charge < -0.3 is 5.73 Å². The first kappa shape index (κ1) is 15.2. The van der Waals surface area contributed by atoms with Gasteiger partial charge in [0.1, 0.15) is 5.78 Å². The van der Waals surface area contributed by atoms with Crippen LogP contribution in [0, 0.1) is 17.8 Å². The third kappa shape index (κ3) is 3.29. The molecule has 1 saturated carbocycles. The minimum absolute atomic E-state index is 0.0884. The summed E-state index contributed by atoms with van der Waals surface area (Å²) in [6.07, 6.45) is 5.86. The molecule has 110 valence electrons. The quantitative estimate of drug-likeness (QED) is 0.877. The van der Waals surface area contributed by atoms with E-state index >= 15 is 0 Å². The zero-order chi connectivity index (χ0) is 14.5. The number of carbonyl (C=O) groups is 1. The average molecular weight is 273 g/mol. The third-order valence-corrected chi connectivity index (χ3v) is 4.97. The minimum atomic E-state index is -0.178. The molecule has 0 aromatic heterocycles. The Morgan fingerprint density at radius 3 is 2.55 bits per heavy atom. The SMILES string of the molecule is CCC1CCCCC1C(=O)C(C)C(N)c1ccccc1. The molecule has 1 aromatic rings. The van der Waals surface area contributed by atoms with Crippen LogP contribution in [0.5, 0.6) is 0 Å². The van der Waals surface area contributed by atoms with Gasteiger partial charge >= 0.3 is 0 Å². The second-order valence-corrected chi connectivity index (χ2v) is 6.19. The molecule has 0 amide bonds. The Morgan fingerprint density at radius 2 is 1.90 bits per heavy atom. The number of rotatable bonds is 5. The van der Waals surface area contributed by atoms with Gasteiger partial charge in [-0.3, -0.25) is 4.79 Å². The van der Waals surface area contributed by atoms with Crippen molar-refractivity contribution in [3.63, 3.8) is 0 Å². The van der Waals surface area contributed by atoms with Crippen molar-refractivity contribution in [3.05, 3.63) is 35.9 Å². The molecule has 2 N–H and O–H groups in total. The van der Waals surface area contributed by atoms with Crippen molar-refractivity contribution < 1.29 is 4.79 Å². The van der Waals surface area contributed by atoms with Crippen molar-refractivity contribution in [2.45, 2.75) is 52.0 Å². The summed E-state index contributed by atoms with van der Waals surface area (Å²) in [6.45, 7) is 4.21. The monoisotopic (exact) mass is 273 g/mol. The predicted molar refractivity (Wildman–Crippen MR) is 83.3 cm³/mol. The molecular weight excluding hydrogens is 246 g/mol. The van der Waals surface area contributed by atoms with Crippen LogP contribution < -0.4 is 5.73 Å². The van der Waals surface area contributed by atoms with Crippen molar-refractivity contribution in [2.75, 3.05) is 0 Å². The van der Waals surface area contributed by atoms with E-state index in [1.165, 1.54) is 19.3 Å². The fraction of sp³-hybridized carbons (Fsp3) is 0.611. The van der Waals surface area contributed by atoms with Crippen molar-refractivity contribution >= 4 is 5.78 Å². The lowest BCUT2D eigenvalue weighted by Crippen LogP contribution is -2.35. The summed E-state index contributed by atoms with van der Waals surface area (Å²) in [5.74, 6) is 1.10. The number of hydrogen-bond acceptors (Lipinski definition) is 2. The van der Waals surface area contributed by atoms with E-state index in [0.717, 1.165) is 18.4 Å². The first-order valence-corrected chi connectivity index (χ1v) is 7.99. The summed E-state index contributed by atoms with van der Waals surface area (Å²) < 4.78 is 0. The fourth-order valence-corrected chi connectivity index (χ4v) is 3.55. The van der Waals surface area contributed by atoms with Gasteiger partial charge in [-0.15, -0.1) is 0 Å². The van der Waals surface area contributed by atoms with E-state index in [1.54, 1.807) is 0 Å². The van der Waals surface area contributed by atoms with Gasteiger partial charge in [0.2, 0.25) is 0 Å². The van der Waals surface area contributed by atoms with Crippen LogP contribution in [-0.2, 0) is 4.79 Å². The molecular formula is C18H27NO. The van der Waals surface area contributed by atoms with Crippen LogP contribution in [0.2, 0.25) is 0 Å². The Hall–Kier alpha value is -1.15. The zero-order valence-electron chi connectivity index (χ0n) is 12.7. The molecule has 0 saturated heterocycles. The molecule has 20 heavy (non-hydrogen) atoms. The van der Waals surface area contributed by atoms with Gasteiger partial charge in [-0.05, 0) is 24.3 Å². The minimum Gasteiger partial charge on any atom is -0.323 e. The lowest BCUT2D eigenvalue weighted by molar-refractivity contribution is -0.129. The average Bonchev–Trinajstić information content (AvgIpc) is 2.53. The third-order valence-electron chi connectivity index (χ3n) is 4.97. The van der Waals surface area contributed by atoms with Gasteiger partial charge in [-0.25, -0.2) is 0 Å². The first-order valence-electron chi connectivity index (χ1n) is 7.99.